The molecule has 2 heterocycles. The highest BCUT2D eigenvalue weighted by molar-refractivity contribution is 5.78. The Hall–Kier alpha value is -3.25. The Balaban J connectivity index is 1.28. The number of hydrogen-bond acceptors (Lipinski definition) is 4. The fourth-order valence-electron chi connectivity index (χ4n) is 4.23. The lowest BCUT2D eigenvalue weighted by atomic mass is 10.1. The monoisotopic (exact) mass is 461 g/mol. The number of carbonyl (C=O) groups excluding carboxylic acids is 1. The molecular formula is C28H32FN3O2. The van der Waals surface area contributed by atoms with Crippen LogP contribution in [0.2, 0.25) is 0 Å². The van der Waals surface area contributed by atoms with E-state index in [0.717, 1.165) is 30.8 Å². The van der Waals surface area contributed by atoms with Gasteiger partial charge < -0.3 is 10.1 Å². The molecule has 3 aromatic rings. The standard InChI is InChI=1S/C28H32FN3O2/c1-21-6-5-7-22(16-21)19-31-28(33)17-24-9-8-23(20-30-24)26-11-10-25(18-27(26)29)34-15-14-32-12-3-2-4-13-32/h5-11,16,18,20H,2-4,12-15,17,19H2,1H3,(H,31,33). The molecule has 1 saturated heterocycles. The summed E-state index contributed by atoms with van der Waals surface area (Å²) in [7, 11) is 0. The van der Waals surface area contributed by atoms with Gasteiger partial charge in [-0.25, -0.2) is 4.39 Å². The summed E-state index contributed by atoms with van der Waals surface area (Å²) in [5.74, 6) is 0.0908. The summed E-state index contributed by atoms with van der Waals surface area (Å²) in [6.07, 6.45) is 5.58. The van der Waals surface area contributed by atoms with Crippen LogP contribution in [-0.2, 0) is 17.8 Å². The van der Waals surface area contributed by atoms with Crippen molar-refractivity contribution in [1.82, 2.24) is 15.2 Å². The maximum atomic E-state index is 14.7. The lowest BCUT2D eigenvalue weighted by Crippen LogP contribution is -2.33. The topological polar surface area (TPSA) is 54.5 Å². The first-order valence-corrected chi connectivity index (χ1v) is 12.0. The molecule has 1 N–H and O–H groups in total. The molecule has 1 aliphatic rings. The van der Waals surface area contributed by atoms with E-state index < -0.39 is 0 Å². The van der Waals surface area contributed by atoms with Crippen LogP contribution >= 0.6 is 0 Å². The summed E-state index contributed by atoms with van der Waals surface area (Å²) in [4.78, 5) is 19.0. The van der Waals surface area contributed by atoms with E-state index in [0.29, 0.717) is 35.7 Å². The molecule has 0 saturated carbocycles. The fraction of sp³-hybridized carbons (Fsp3) is 0.357. The second kappa shape index (κ2) is 11.7. The van der Waals surface area contributed by atoms with Crippen LogP contribution in [0.15, 0.2) is 60.8 Å². The van der Waals surface area contributed by atoms with Crippen molar-refractivity contribution in [3.05, 3.63) is 83.4 Å². The van der Waals surface area contributed by atoms with Crippen LogP contribution in [0.4, 0.5) is 4.39 Å². The number of aryl methyl sites for hydroxylation is 1. The molecule has 0 bridgehead atoms. The van der Waals surface area contributed by atoms with Gasteiger partial charge in [0.25, 0.3) is 0 Å². The zero-order valence-corrected chi connectivity index (χ0v) is 19.7. The Labute approximate surface area is 201 Å². The third-order valence-electron chi connectivity index (χ3n) is 6.12. The highest BCUT2D eigenvalue weighted by atomic mass is 19.1. The zero-order valence-electron chi connectivity index (χ0n) is 19.7. The van der Waals surface area contributed by atoms with Gasteiger partial charge in [-0.05, 0) is 56.6 Å². The molecule has 6 heteroatoms. The van der Waals surface area contributed by atoms with Crippen molar-refractivity contribution in [2.24, 2.45) is 0 Å². The van der Waals surface area contributed by atoms with Gasteiger partial charge in [0.15, 0.2) is 0 Å². The smallest absolute Gasteiger partial charge is 0.226 e. The Morgan fingerprint density at radius 1 is 1.09 bits per heavy atom. The maximum absolute atomic E-state index is 14.7. The van der Waals surface area contributed by atoms with E-state index in [9.17, 15) is 9.18 Å². The normalized spacial score (nSPS) is 14.1. The number of benzene rings is 2. The van der Waals surface area contributed by atoms with E-state index in [4.69, 9.17) is 4.74 Å². The Bertz CT molecular complexity index is 1100. The van der Waals surface area contributed by atoms with Gasteiger partial charge >= 0.3 is 0 Å². The molecule has 0 atom stereocenters. The number of aromatic nitrogens is 1. The lowest BCUT2D eigenvalue weighted by Gasteiger charge is -2.26. The number of pyridine rings is 1. The third kappa shape index (κ3) is 6.87. The summed E-state index contributed by atoms with van der Waals surface area (Å²) in [5, 5.41) is 2.92. The number of nitrogens with one attached hydrogen (secondary N) is 1. The van der Waals surface area contributed by atoms with Crippen molar-refractivity contribution >= 4 is 5.91 Å². The van der Waals surface area contributed by atoms with Crippen LogP contribution in [0.3, 0.4) is 0 Å². The number of carbonyl (C=O) groups is 1. The van der Waals surface area contributed by atoms with Gasteiger partial charge in [-0.15, -0.1) is 0 Å². The first-order valence-electron chi connectivity index (χ1n) is 12.0. The number of rotatable bonds is 9. The first kappa shape index (κ1) is 23.9. The zero-order chi connectivity index (χ0) is 23.8. The van der Waals surface area contributed by atoms with Crippen LogP contribution < -0.4 is 10.1 Å². The molecule has 1 fully saturated rings. The molecule has 4 rings (SSSR count). The summed E-state index contributed by atoms with van der Waals surface area (Å²) in [6.45, 7) is 6.17. The van der Waals surface area contributed by atoms with E-state index >= 15 is 0 Å². The SMILES string of the molecule is Cc1cccc(CNC(=O)Cc2ccc(-c3ccc(OCCN4CCCCC4)cc3F)cn2)c1. The van der Waals surface area contributed by atoms with Crippen LogP contribution in [0, 0.1) is 12.7 Å². The van der Waals surface area contributed by atoms with Gasteiger partial charge in [0.1, 0.15) is 18.2 Å². The van der Waals surface area contributed by atoms with Crippen molar-refractivity contribution in [2.45, 2.75) is 39.2 Å². The Kier molecular flexibility index (Phi) is 8.26. The van der Waals surface area contributed by atoms with E-state index in [1.807, 2.05) is 31.2 Å². The minimum Gasteiger partial charge on any atom is -0.492 e. The molecule has 178 valence electrons. The molecule has 0 radical (unpaired) electrons. The van der Waals surface area contributed by atoms with E-state index in [1.165, 1.54) is 25.3 Å². The summed E-state index contributed by atoms with van der Waals surface area (Å²) in [6, 6.07) is 16.5. The minimum atomic E-state index is -0.346. The number of nitrogens with zero attached hydrogens (tertiary/aromatic N) is 2. The molecule has 5 nitrogen and oxygen atoms in total. The summed E-state index contributed by atoms with van der Waals surface area (Å²) >= 11 is 0. The molecular weight excluding hydrogens is 429 g/mol. The summed E-state index contributed by atoms with van der Waals surface area (Å²) in [5.41, 5.74) is 4.00. The number of ether oxygens (including phenoxy) is 1. The molecule has 1 amide bonds. The summed E-state index contributed by atoms with van der Waals surface area (Å²) < 4.78 is 20.5. The van der Waals surface area contributed by atoms with Crippen molar-refractivity contribution < 1.29 is 13.9 Å². The van der Waals surface area contributed by atoms with Crippen LogP contribution in [0.25, 0.3) is 11.1 Å². The van der Waals surface area contributed by atoms with Crippen LogP contribution in [-0.4, -0.2) is 42.0 Å². The number of hydrogen-bond donors (Lipinski definition) is 1. The van der Waals surface area contributed by atoms with Crippen molar-refractivity contribution in [3.8, 4) is 16.9 Å². The average Bonchev–Trinajstić information content (AvgIpc) is 2.84. The Morgan fingerprint density at radius 3 is 2.68 bits per heavy atom. The quantitative estimate of drug-likeness (QED) is 0.492. The predicted molar refractivity (Wildman–Crippen MR) is 132 cm³/mol. The van der Waals surface area contributed by atoms with Gasteiger partial charge in [-0.1, -0.05) is 42.3 Å². The van der Waals surface area contributed by atoms with E-state index in [1.54, 1.807) is 30.5 Å². The molecule has 0 spiro atoms. The van der Waals surface area contributed by atoms with Gasteiger partial charge in [-0.2, -0.15) is 0 Å². The molecule has 0 unspecified atom stereocenters. The van der Waals surface area contributed by atoms with E-state index in [-0.39, 0.29) is 18.1 Å². The molecule has 1 aliphatic heterocycles. The lowest BCUT2D eigenvalue weighted by molar-refractivity contribution is -0.120. The van der Waals surface area contributed by atoms with Crippen molar-refractivity contribution in [2.75, 3.05) is 26.2 Å². The maximum Gasteiger partial charge on any atom is 0.226 e. The molecule has 2 aromatic carbocycles. The number of piperidine rings is 1. The molecule has 0 aliphatic carbocycles. The average molecular weight is 462 g/mol. The number of halogens is 1. The second-order valence-electron chi connectivity index (χ2n) is 8.87. The predicted octanol–water partition coefficient (Wildman–Crippen LogP) is 4.92. The van der Waals surface area contributed by atoms with Crippen LogP contribution in [0.1, 0.15) is 36.1 Å². The van der Waals surface area contributed by atoms with Gasteiger partial charge in [0.2, 0.25) is 5.91 Å². The van der Waals surface area contributed by atoms with E-state index in [2.05, 4.69) is 15.2 Å². The highest BCUT2D eigenvalue weighted by Crippen LogP contribution is 2.26. The largest absolute Gasteiger partial charge is 0.492 e. The van der Waals surface area contributed by atoms with Crippen LogP contribution in [0.5, 0.6) is 5.75 Å². The fourth-order valence-corrected chi connectivity index (χ4v) is 4.23. The third-order valence-corrected chi connectivity index (χ3v) is 6.12. The molecule has 34 heavy (non-hydrogen) atoms. The van der Waals surface area contributed by atoms with Crippen molar-refractivity contribution in [1.29, 1.82) is 0 Å². The molecule has 1 aromatic heterocycles. The highest BCUT2D eigenvalue weighted by Gasteiger charge is 2.12. The number of likely N-dealkylation sites (tertiary alicyclic amines) is 1. The van der Waals surface area contributed by atoms with Gasteiger partial charge in [-0.3, -0.25) is 14.7 Å². The minimum absolute atomic E-state index is 0.0982. The van der Waals surface area contributed by atoms with Gasteiger partial charge in [0.05, 0.1) is 6.42 Å². The Morgan fingerprint density at radius 2 is 1.94 bits per heavy atom. The second-order valence-corrected chi connectivity index (χ2v) is 8.87. The van der Waals surface area contributed by atoms with Crippen molar-refractivity contribution in [3.63, 3.8) is 0 Å². The number of amides is 1. The van der Waals surface area contributed by atoms with Gasteiger partial charge in [0, 0.05) is 42.2 Å². The first-order chi connectivity index (χ1) is 16.6.